The molecule has 10 heteroatoms. The second-order valence-electron chi connectivity index (χ2n) is 10.3. The van der Waals surface area contributed by atoms with Gasteiger partial charge in [-0.15, -0.1) is 0 Å². The molecular formula is C28H33F7OSi2. The molecule has 0 saturated carbocycles. The smallest absolute Gasteiger partial charge is 0.258 e. The van der Waals surface area contributed by atoms with Crippen molar-refractivity contribution in [2.75, 3.05) is 0 Å². The topological polar surface area (TPSA) is 9.23 Å². The van der Waals surface area contributed by atoms with Gasteiger partial charge in [0.05, 0.1) is 18.8 Å². The average molecular weight is 575 g/mol. The number of halogens is 7. The summed E-state index contributed by atoms with van der Waals surface area (Å²) in [5, 5.41) is -3.14. The molecule has 0 aliphatic heterocycles. The number of benzene rings is 3. The molecule has 0 aliphatic carbocycles. The van der Waals surface area contributed by atoms with Crippen molar-refractivity contribution in [1.29, 1.82) is 0 Å². The summed E-state index contributed by atoms with van der Waals surface area (Å²) in [6, 6.07) is 13.9. The van der Waals surface area contributed by atoms with Gasteiger partial charge in [0.2, 0.25) is 5.82 Å². The predicted molar refractivity (Wildman–Crippen MR) is 142 cm³/mol. The van der Waals surface area contributed by atoms with Crippen LogP contribution in [0.3, 0.4) is 0 Å². The summed E-state index contributed by atoms with van der Waals surface area (Å²) in [5.41, 5.74) is 0.640. The lowest BCUT2D eigenvalue weighted by atomic mass is 10.1. The maximum atomic E-state index is 15.7. The van der Waals surface area contributed by atoms with E-state index < -0.39 is 73.6 Å². The number of rotatable bonds is 11. The molecule has 3 aromatic rings. The molecule has 0 amide bonds. The summed E-state index contributed by atoms with van der Waals surface area (Å²) in [5.74, 6) is -15.9. The average Bonchev–Trinajstić information content (AvgIpc) is 2.91. The van der Waals surface area contributed by atoms with Crippen LogP contribution in [0.4, 0.5) is 30.7 Å². The largest absolute Gasteiger partial charge is 0.539 e. The van der Waals surface area contributed by atoms with E-state index in [9.17, 15) is 17.6 Å². The SMILES string of the molecule is CC[Si](CC)(CC)CC[Si](Cc1ccccc1)(Oc1c(F)c(F)c2c(F)c(F)c(F)c(F)c2c1F)C(C)C. The van der Waals surface area contributed by atoms with Crippen LogP contribution >= 0.6 is 0 Å². The molecule has 1 unspecified atom stereocenters. The van der Waals surface area contributed by atoms with Crippen molar-refractivity contribution in [3.05, 3.63) is 76.6 Å². The fraction of sp³-hybridized carbons (Fsp3) is 0.429. The predicted octanol–water partition coefficient (Wildman–Crippen LogP) is 9.84. The summed E-state index contributed by atoms with van der Waals surface area (Å²) in [4.78, 5) is 0. The van der Waals surface area contributed by atoms with E-state index in [1.54, 1.807) is 0 Å². The van der Waals surface area contributed by atoms with Gasteiger partial charge in [0.25, 0.3) is 8.32 Å². The Morgan fingerprint density at radius 1 is 0.632 bits per heavy atom. The second-order valence-corrected chi connectivity index (χ2v) is 20.3. The Bertz CT molecular complexity index is 1290. The number of hydrogen-bond acceptors (Lipinski definition) is 1. The van der Waals surface area contributed by atoms with Crippen LogP contribution in [0.1, 0.15) is 40.2 Å². The summed E-state index contributed by atoms with van der Waals surface area (Å²) in [7, 11) is -4.96. The van der Waals surface area contributed by atoms with Crippen molar-refractivity contribution < 1.29 is 35.2 Å². The van der Waals surface area contributed by atoms with Gasteiger partial charge >= 0.3 is 0 Å². The fourth-order valence-corrected chi connectivity index (χ4v) is 14.7. The molecular weight excluding hydrogens is 541 g/mol. The van der Waals surface area contributed by atoms with Gasteiger partial charge in [0, 0.05) is 6.04 Å². The first-order chi connectivity index (χ1) is 17.9. The van der Waals surface area contributed by atoms with Crippen molar-refractivity contribution >= 4 is 27.2 Å². The lowest BCUT2D eigenvalue weighted by Gasteiger charge is -2.39. The molecule has 3 rings (SSSR count). The Morgan fingerprint density at radius 2 is 1.11 bits per heavy atom. The highest BCUT2D eigenvalue weighted by atomic mass is 28.4. The molecule has 1 atom stereocenters. The summed E-state index contributed by atoms with van der Waals surface area (Å²) < 4.78 is 109. The maximum absolute atomic E-state index is 15.7. The minimum Gasteiger partial charge on any atom is -0.539 e. The van der Waals surface area contributed by atoms with Gasteiger partial charge < -0.3 is 4.43 Å². The van der Waals surface area contributed by atoms with Gasteiger partial charge in [-0.1, -0.05) is 89.1 Å². The Hall–Kier alpha value is -2.34. The minimum absolute atomic E-state index is 0.218. The molecule has 0 bridgehead atoms. The Morgan fingerprint density at radius 3 is 1.58 bits per heavy atom. The van der Waals surface area contributed by atoms with Crippen LogP contribution in [0.2, 0.25) is 35.8 Å². The van der Waals surface area contributed by atoms with E-state index in [4.69, 9.17) is 4.43 Å². The summed E-state index contributed by atoms with van der Waals surface area (Å²) >= 11 is 0. The zero-order valence-corrected chi connectivity index (χ0v) is 24.3. The Balaban J connectivity index is 2.26. The molecule has 0 heterocycles. The molecule has 0 saturated heterocycles. The van der Waals surface area contributed by atoms with Crippen molar-refractivity contribution in [2.45, 2.75) is 76.4 Å². The van der Waals surface area contributed by atoms with Gasteiger partial charge in [-0.3, -0.25) is 0 Å². The summed E-state index contributed by atoms with van der Waals surface area (Å²) in [6.45, 7) is 10.1. The van der Waals surface area contributed by atoms with E-state index in [0.29, 0.717) is 12.1 Å². The summed E-state index contributed by atoms with van der Waals surface area (Å²) in [6.07, 6.45) is 0. The van der Waals surface area contributed by atoms with Crippen LogP contribution in [0.15, 0.2) is 30.3 Å². The van der Waals surface area contributed by atoms with Crippen molar-refractivity contribution in [3.8, 4) is 5.75 Å². The highest BCUT2D eigenvalue weighted by Crippen LogP contribution is 2.43. The van der Waals surface area contributed by atoms with Crippen LogP contribution in [-0.2, 0) is 6.04 Å². The third kappa shape index (κ3) is 5.39. The standard InChI is InChI=1S/C28H33F7OSi2/c1-6-37(7-2,8-3)14-15-38(17(4)5,16-18-12-10-9-11-13-18)36-28-24(32)20-19(23(31)27(28)35)21(29)25(33)26(34)22(20)30/h9-13,17H,6-8,14-16H2,1-5H3. The van der Waals surface area contributed by atoms with Crippen LogP contribution in [0.5, 0.6) is 5.75 Å². The van der Waals surface area contributed by atoms with Crippen LogP contribution in [0, 0.1) is 40.7 Å². The molecule has 0 aromatic heterocycles. The zero-order chi connectivity index (χ0) is 28.4. The van der Waals surface area contributed by atoms with E-state index in [2.05, 4.69) is 20.8 Å². The first-order valence-corrected chi connectivity index (χ1v) is 18.2. The molecule has 1 nitrogen and oxygen atoms in total. The first kappa shape index (κ1) is 30.2. The van der Waals surface area contributed by atoms with Gasteiger partial charge in [0.1, 0.15) is 0 Å². The number of hydrogen-bond donors (Lipinski definition) is 0. The molecule has 38 heavy (non-hydrogen) atoms. The second kappa shape index (κ2) is 11.8. The highest BCUT2D eigenvalue weighted by molar-refractivity contribution is 6.83. The Labute approximate surface area is 221 Å². The zero-order valence-electron chi connectivity index (χ0n) is 22.3. The van der Waals surface area contributed by atoms with Gasteiger partial charge in [-0.25, -0.2) is 26.3 Å². The third-order valence-electron chi connectivity index (χ3n) is 8.33. The molecule has 0 N–H and O–H groups in total. The molecule has 0 radical (unpaired) electrons. The van der Waals surface area contributed by atoms with Crippen molar-refractivity contribution in [1.82, 2.24) is 0 Å². The fourth-order valence-electron chi connectivity index (χ4n) is 5.24. The minimum atomic E-state index is -3.24. The van der Waals surface area contributed by atoms with Crippen molar-refractivity contribution in [2.24, 2.45) is 0 Å². The van der Waals surface area contributed by atoms with E-state index >= 15 is 13.2 Å². The van der Waals surface area contributed by atoms with E-state index in [1.807, 2.05) is 44.2 Å². The lowest BCUT2D eigenvalue weighted by molar-refractivity contribution is 0.395. The quantitative estimate of drug-likeness (QED) is 0.0959. The van der Waals surface area contributed by atoms with Gasteiger partial charge in [0.15, 0.2) is 40.7 Å². The maximum Gasteiger partial charge on any atom is 0.258 e. The normalized spacial score (nSPS) is 13.8. The van der Waals surface area contributed by atoms with E-state index in [-0.39, 0.29) is 5.54 Å². The number of fused-ring (bicyclic) bond motifs is 1. The highest BCUT2D eigenvalue weighted by Gasteiger charge is 2.45. The third-order valence-corrected chi connectivity index (χ3v) is 19.5. The van der Waals surface area contributed by atoms with Gasteiger partial charge in [-0.2, -0.15) is 4.39 Å². The van der Waals surface area contributed by atoms with Crippen molar-refractivity contribution in [3.63, 3.8) is 0 Å². The molecule has 0 spiro atoms. The Kier molecular flexibility index (Phi) is 9.39. The van der Waals surface area contributed by atoms with Crippen LogP contribution < -0.4 is 4.43 Å². The first-order valence-electron chi connectivity index (χ1n) is 12.9. The molecule has 0 fully saturated rings. The molecule has 208 valence electrons. The lowest BCUT2D eigenvalue weighted by Crippen LogP contribution is -2.50. The van der Waals surface area contributed by atoms with E-state index in [1.165, 1.54) is 0 Å². The van der Waals surface area contributed by atoms with Crippen LogP contribution in [0.25, 0.3) is 10.8 Å². The van der Waals surface area contributed by atoms with E-state index in [0.717, 1.165) is 29.7 Å². The van der Waals surface area contributed by atoms with Crippen LogP contribution in [-0.4, -0.2) is 16.4 Å². The molecule has 3 aromatic carbocycles. The van der Waals surface area contributed by atoms with Gasteiger partial charge in [-0.05, 0) is 17.1 Å². The monoisotopic (exact) mass is 574 g/mol. The molecule has 0 aliphatic rings.